The molecule has 1 rings (SSSR count). The van der Waals surface area contributed by atoms with Crippen LogP contribution in [0.4, 0.5) is 0 Å². The molecule has 1 fully saturated rings. The molecule has 10 nitrogen and oxygen atoms in total. The highest BCUT2D eigenvalue weighted by Crippen LogP contribution is 2.18. The Hall–Kier alpha value is -2.20. The Morgan fingerprint density at radius 3 is 2.52 bits per heavy atom. The number of nitrogens with zero attached hydrogens (tertiary/aromatic N) is 1. The maximum atomic E-state index is 12.6. The van der Waals surface area contributed by atoms with Gasteiger partial charge in [0.2, 0.25) is 17.7 Å². The number of rotatable bonds is 12. The molecule has 10 heteroatoms. The van der Waals surface area contributed by atoms with E-state index in [-0.39, 0.29) is 24.8 Å². The van der Waals surface area contributed by atoms with Gasteiger partial charge in [0.1, 0.15) is 12.1 Å². The molecule has 7 N–H and O–H groups in total. The van der Waals surface area contributed by atoms with Crippen LogP contribution in [0.3, 0.4) is 0 Å². The molecule has 0 radical (unpaired) electrons. The molecule has 1 saturated heterocycles. The van der Waals surface area contributed by atoms with Crippen LogP contribution in [-0.2, 0) is 19.2 Å². The van der Waals surface area contributed by atoms with E-state index in [1.165, 1.54) is 4.90 Å². The van der Waals surface area contributed by atoms with E-state index >= 15 is 0 Å². The van der Waals surface area contributed by atoms with Crippen LogP contribution in [0, 0.1) is 5.92 Å². The zero-order valence-electron chi connectivity index (χ0n) is 17.4. The molecule has 1 heterocycles. The maximum Gasteiger partial charge on any atom is 0.326 e. The maximum absolute atomic E-state index is 12.6. The molecule has 3 amide bonds. The summed E-state index contributed by atoms with van der Waals surface area (Å²) >= 11 is 0. The Kier molecular flexibility index (Phi) is 10.6. The van der Waals surface area contributed by atoms with Crippen molar-refractivity contribution in [1.29, 1.82) is 0 Å². The lowest BCUT2D eigenvalue weighted by Crippen LogP contribution is -2.53. The highest BCUT2D eigenvalue weighted by Gasteiger charge is 2.35. The van der Waals surface area contributed by atoms with Crippen molar-refractivity contribution in [2.24, 2.45) is 17.4 Å². The van der Waals surface area contributed by atoms with Gasteiger partial charge < -0.3 is 32.1 Å². The fourth-order valence-corrected chi connectivity index (χ4v) is 3.25. The van der Waals surface area contributed by atoms with E-state index in [4.69, 9.17) is 11.5 Å². The SMILES string of the molecule is CCC(C)C(N)C(=O)NCC(=O)N1CCCC1C(=O)NC(CCCCN)C(=O)O. The second-order valence-electron chi connectivity index (χ2n) is 7.56. The number of carboxylic acids is 1. The summed E-state index contributed by atoms with van der Waals surface area (Å²) in [7, 11) is 0. The first-order valence-corrected chi connectivity index (χ1v) is 10.3. The molecule has 0 aliphatic carbocycles. The number of carbonyl (C=O) groups excluding carboxylic acids is 3. The molecule has 29 heavy (non-hydrogen) atoms. The number of hydrogen-bond donors (Lipinski definition) is 5. The van der Waals surface area contributed by atoms with Gasteiger partial charge in [-0.25, -0.2) is 4.79 Å². The molecule has 1 aliphatic rings. The summed E-state index contributed by atoms with van der Waals surface area (Å²) in [6.45, 7) is 4.38. The van der Waals surface area contributed by atoms with Crippen LogP contribution in [-0.4, -0.2) is 71.5 Å². The van der Waals surface area contributed by atoms with E-state index in [1.807, 2.05) is 13.8 Å². The first-order valence-electron chi connectivity index (χ1n) is 10.3. The lowest BCUT2D eigenvalue weighted by Gasteiger charge is -2.26. The highest BCUT2D eigenvalue weighted by atomic mass is 16.4. The highest BCUT2D eigenvalue weighted by molar-refractivity contribution is 5.93. The predicted molar refractivity (Wildman–Crippen MR) is 108 cm³/mol. The van der Waals surface area contributed by atoms with Crippen molar-refractivity contribution in [3.8, 4) is 0 Å². The third-order valence-electron chi connectivity index (χ3n) is 5.41. The molecular weight excluding hydrogens is 378 g/mol. The van der Waals surface area contributed by atoms with Gasteiger partial charge in [0.15, 0.2) is 0 Å². The molecule has 4 unspecified atom stereocenters. The lowest BCUT2D eigenvalue weighted by molar-refractivity contribution is -0.144. The van der Waals surface area contributed by atoms with E-state index in [0.29, 0.717) is 38.8 Å². The van der Waals surface area contributed by atoms with Gasteiger partial charge in [-0.1, -0.05) is 20.3 Å². The zero-order chi connectivity index (χ0) is 22.0. The van der Waals surface area contributed by atoms with Gasteiger partial charge in [-0.3, -0.25) is 14.4 Å². The van der Waals surface area contributed by atoms with Gasteiger partial charge in [0.05, 0.1) is 12.6 Å². The van der Waals surface area contributed by atoms with Crippen LogP contribution in [0.2, 0.25) is 0 Å². The van der Waals surface area contributed by atoms with Crippen molar-refractivity contribution in [2.45, 2.75) is 70.5 Å². The molecule has 0 spiro atoms. The Morgan fingerprint density at radius 1 is 1.24 bits per heavy atom. The third-order valence-corrected chi connectivity index (χ3v) is 5.41. The van der Waals surface area contributed by atoms with Crippen LogP contribution in [0.1, 0.15) is 52.4 Å². The summed E-state index contributed by atoms with van der Waals surface area (Å²) in [5.74, 6) is -2.40. The van der Waals surface area contributed by atoms with Crippen LogP contribution in [0.15, 0.2) is 0 Å². The normalized spacial score (nSPS) is 19.3. The number of unbranched alkanes of at least 4 members (excludes halogenated alkanes) is 1. The van der Waals surface area contributed by atoms with Gasteiger partial charge in [0, 0.05) is 6.54 Å². The third kappa shape index (κ3) is 7.62. The minimum absolute atomic E-state index is 0.0114. The van der Waals surface area contributed by atoms with Crippen molar-refractivity contribution < 1.29 is 24.3 Å². The van der Waals surface area contributed by atoms with Crippen LogP contribution in [0.25, 0.3) is 0 Å². The van der Waals surface area contributed by atoms with Gasteiger partial charge in [-0.05, 0) is 44.6 Å². The van der Waals surface area contributed by atoms with Gasteiger partial charge >= 0.3 is 5.97 Å². The van der Waals surface area contributed by atoms with Crippen molar-refractivity contribution in [3.63, 3.8) is 0 Å². The number of likely N-dealkylation sites (tertiary alicyclic amines) is 1. The van der Waals surface area contributed by atoms with E-state index < -0.39 is 35.9 Å². The van der Waals surface area contributed by atoms with E-state index in [2.05, 4.69) is 10.6 Å². The average Bonchev–Trinajstić information content (AvgIpc) is 3.19. The molecule has 0 aromatic rings. The van der Waals surface area contributed by atoms with Crippen LogP contribution in [0.5, 0.6) is 0 Å². The first-order chi connectivity index (χ1) is 13.7. The molecule has 166 valence electrons. The topological polar surface area (TPSA) is 168 Å². The lowest BCUT2D eigenvalue weighted by atomic mass is 9.99. The number of aliphatic carboxylic acids is 1. The number of carboxylic acid groups (broad SMARTS) is 1. The second-order valence-corrected chi connectivity index (χ2v) is 7.56. The molecule has 0 bridgehead atoms. The quantitative estimate of drug-likeness (QED) is 0.260. The first kappa shape index (κ1) is 24.8. The molecular formula is C19H35N5O5. The molecule has 0 aromatic heterocycles. The minimum Gasteiger partial charge on any atom is -0.480 e. The number of nitrogens with two attached hydrogens (primary N) is 2. The number of hydrogen-bond acceptors (Lipinski definition) is 6. The zero-order valence-corrected chi connectivity index (χ0v) is 17.4. The van der Waals surface area contributed by atoms with Gasteiger partial charge in [0.25, 0.3) is 0 Å². The Morgan fingerprint density at radius 2 is 1.93 bits per heavy atom. The minimum atomic E-state index is -1.11. The summed E-state index contributed by atoms with van der Waals surface area (Å²) in [5.41, 5.74) is 11.3. The molecule has 0 aromatic carbocycles. The summed E-state index contributed by atoms with van der Waals surface area (Å²) in [5, 5.41) is 14.4. The van der Waals surface area contributed by atoms with E-state index in [1.54, 1.807) is 0 Å². The number of nitrogens with one attached hydrogen (secondary N) is 2. The summed E-state index contributed by atoms with van der Waals surface area (Å²) < 4.78 is 0. The number of amides is 3. The van der Waals surface area contributed by atoms with Crippen LogP contribution >= 0.6 is 0 Å². The fourth-order valence-electron chi connectivity index (χ4n) is 3.25. The average molecular weight is 414 g/mol. The second kappa shape index (κ2) is 12.4. The number of carbonyl (C=O) groups is 4. The van der Waals surface area contributed by atoms with Crippen molar-refractivity contribution in [1.82, 2.24) is 15.5 Å². The fraction of sp³-hybridized carbons (Fsp3) is 0.789. The van der Waals surface area contributed by atoms with Crippen LogP contribution < -0.4 is 22.1 Å². The Labute approximate surface area is 171 Å². The molecule has 1 aliphatic heterocycles. The Balaban J connectivity index is 2.61. The molecule has 0 saturated carbocycles. The van der Waals surface area contributed by atoms with E-state index in [9.17, 15) is 24.3 Å². The standard InChI is InChI=1S/C19H35N5O5/c1-3-12(2)16(21)18(27)22-11-15(25)24-10-6-8-14(24)17(26)23-13(19(28)29)7-4-5-9-20/h12-14,16H,3-11,20-21H2,1-2H3,(H,22,27)(H,23,26)(H,28,29). The summed E-state index contributed by atoms with van der Waals surface area (Å²) in [4.78, 5) is 49.9. The summed E-state index contributed by atoms with van der Waals surface area (Å²) in [6.07, 6.45) is 3.37. The smallest absolute Gasteiger partial charge is 0.326 e. The molecule has 4 atom stereocenters. The predicted octanol–water partition coefficient (Wildman–Crippen LogP) is -0.835. The van der Waals surface area contributed by atoms with Crippen molar-refractivity contribution in [2.75, 3.05) is 19.6 Å². The summed E-state index contributed by atoms with van der Waals surface area (Å²) in [6, 6.07) is -2.45. The monoisotopic (exact) mass is 413 g/mol. The van der Waals surface area contributed by atoms with E-state index in [0.717, 1.165) is 6.42 Å². The van der Waals surface area contributed by atoms with Crippen molar-refractivity contribution in [3.05, 3.63) is 0 Å². The van der Waals surface area contributed by atoms with Gasteiger partial charge in [-0.2, -0.15) is 0 Å². The van der Waals surface area contributed by atoms with Crippen molar-refractivity contribution >= 4 is 23.7 Å². The largest absolute Gasteiger partial charge is 0.480 e. The van der Waals surface area contributed by atoms with Gasteiger partial charge in [-0.15, -0.1) is 0 Å². The Bertz CT molecular complexity index is 585.